The van der Waals surface area contributed by atoms with Crippen molar-refractivity contribution in [3.63, 3.8) is 0 Å². The minimum absolute atomic E-state index is 0.0585. The van der Waals surface area contributed by atoms with Crippen LogP contribution in [0.1, 0.15) is 22.3 Å². The third-order valence-electron chi connectivity index (χ3n) is 3.08. The fraction of sp³-hybridized carbons (Fsp3) is 0.125. The first-order chi connectivity index (χ1) is 10.5. The Morgan fingerprint density at radius 3 is 2.23 bits per heavy atom. The summed E-state index contributed by atoms with van der Waals surface area (Å²) < 4.78 is 0. The van der Waals surface area contributed by atoms with Crippen molar-refractivity contribution in [1.82, 2.24) is 0 Å². The average Bonchev–Trinajstić information content (AvgIpc) is 2.46. The number of carbonyl (C=O) groups excluding carboxylic acids is 1. The van der Waals surface area contributed by atoms with E-state index >= 15 is 0 Å². The molecule has 114 valence electrons. The summed E-state index contributed by atoms with van der Waals surface area (Å²) in [6.45, 7) is 0. The van der Waals surface area contributed by atoms with Crippen LogP contribution in [-0.4, -0.2) is 27.2 Å². The molecule has 0 atom stereocenters. The van der Waals surface area contributed by atoms with Crippen LogP contribution in [0.4, 0.5) is 5.69 Å². The van der Waals surface area contributed by atoms with Crippen LogP contribution >= 0.6 is 0 Å². The molecule has 6 heteroatoms. The molecule has 0 aliphatic heterocycles. The van der Waals surface area contributed by atoms with Gasteiger partial charge in [-0.15, -0.1) is 0 Å². The molecule has 0 aromatic heterocycles. The van der Waals surface area contributed by atoms with Gasteiger partial charge in [-0.05, 0) is 36.2 Å². The van der Waals surface area contributed by atoms with Gasteiger partial charge in [-0.1, -0.05) is 12.1 Å². The zero-order valence-electron chi connectivity index (χ0n) is 11.6. The molecule has 0 spiro atoms. The number of hydrogen-bond acceptors (Lipinski definition) is 4. The van der Waals surface area contributed by atoms with E-state index in [0.29, 0.717) is 6.42 Å². The van der Waals surface area contributed by atoms with Crippen molar-refractivity contribution >= 4 is 17.6 Å². The van der Waals surface area contributed by atoms with Gasteiger partial charge in [0.05, 0.1) is 11.3 Å². The summed E-state index contributed by atoms with van der Waals surface area (Å²) in [5.74, 6) is -1.52. The topological polar surface area (TPSA) is 107 Å². The Morgan fingerprint density at radius 2 is 1.59 bits per heavy atom. The summed E-state index contributed by atoms with van der Waals surface area (Å²) >= 11 is 0. The van der Waals surface area contributed by atoms with Crippen molar-refractivity contribution in [3.05, 3.63) is 53.6 Å². The number of nitrogens with one attached hydrogen (secondary N) is 1. The van der Waals surface area contributed by atoms with Gasteiger partial charge in [0.2, 0.25) is 5.91 Å². The Balaban J connectivity index is 2.01. The van der Waals surface area contributed by atoms with Gasteiger partial charge in [0, 0.05) is 12.5 Å². The molecule has 2 aromatic carbocycles. The molecule has 0 saturated heterocycles. The third kappa shape index (κ3) is 3.99. The summed E-state index contributed by atoms with van der Waals surface area (Å²) in [4.78, 5) is 23.0. The molecule has 6 nitrogen and oxygen atoms in total. The zero-order valence-corrected chi connectivity index (χ0v) is 11.6. The summed E-state index contributed by atoms with van der Waals surface area (Å²) in [5.41, 5.74) is 0.848. The van der Waals surface area contributed by atoms with E-state index in [4.69, 9.17) is 5.11 Å². The first kappa shape index (κ1) is 15.4. The number of anilines is 1. The Bertz CT molecular complexity index is 694. The van der Waals surface area contributed by atoms with E-state index < -0.39 is 5.97 Å². The largest absolute Gasteiger partial charge is 0.508 e. The molecule has 2 aromatic rings. The SMILES string of the molecule is O=C(CCc1ccc(O)cc1)Nc1cc(O)ccc1C(=O)O. The molecule has 1 amide bonds. The van der Waals surface area contributed by atoms with E-state index in [2.05, 4.69) is 5.32 Å². The Hall–Kier alpha value is -3.02. The van der Waals surface area contributed by atoms with Crippen LogP contribution in [0.3, 0.4) is 0 Å². The van der Waals surface area contributed by atoms with E-state index in [1.165, 1.54) is 30.3 Å². The van der Waals surface area contributed by atoms with Gasteiger partial charge in [0.15, 0.2) is 0 Å². The molecule has 2 rings (SSSR count). The van der Waals surface area contributed by atoms with Crippen molar-refractivity contribution < 1.29 is 24.9 Å². The molecule has 0 bridgehead atoms. The highest BCUT2D eigenvalue weighted by Crippen LogP contribution is 2.22. The predicted octanol–water partition coefficient (Wildman–Crippen LogP) is 2.37. The molecular weight excluding hydrogens is 286 g/mol. The second-order valence-electron chi connectivity index (χ2n) is 4.75. The summed E-state index contributed by atoms with van der Waals surface area (Å²) in [6.07, 6.45) is 0.604. The Morgan fingerprint density at radius 1 is 0.955 bits per heavy atom. The van der Waals surface area contributed by atoms with Crippen molar-refractivity contribution in [2.75, 3.05) is 5.32 Å². The lowest BCUT2D eigenvalue weighted by Crippen LogP contribution is -2.15. The summed E-state index contributed by atoms with van der Waals surface area (Å²) in [5, 5.41) is 30.1. The van der Waals surface area contributed by atoms with Crippen LogP contribution < -0.4 is 5.32 Å². The highest BCUT2D eigenvalue weighted by molar-refractivity contribution is 6.00. The number of aromatic carboxylic acids is 1. The maximum atomic E-state index is 11.9. The number of aryl methyl sites for hydroxylation is 1. The predicted molar refractivity (Wildman–Crippen MR) is 80.1 cm³/mol. The number of phenols is 2. The van der Waals surface area contributed by atoms with Gasteiger partial charge in [-0.2, -0.15) is 0 Å². The number of amides is 1. The van der Waals surface area contributed by atoms with Gasteiger partial charge >= 0.3 is 5.97 Å². The van der Waals surface area contributed by atoms with Gasteiger partial charge in [0.25, 0.3) is 0 Å². The van der Waals surface area contributed by atoms with Crippen LogP contribution in [-0.2, 0) is 11.2 Å². The molecule has 0 heterocycles. The van der Waals surface area contributed by atoms with E-state index in [-0.39, 0.29) is 35.1 Å². The summed E-state index contributed by atoms with van der Waals surface area (Å²) in [7, 11) is 0. The second-order valence-corrected chi connectivity index (χ2v) is 4.75. The fourth-order valence-corrected chi connectivity index (χ4v) is 1.96. The van der Waals surface area contributed by atoms with E-state index in [0.717, 1.165) is 5.56 Å². The molecule has 0 unspecified atom stereocenters. The quantitative estimate of drug-likeness (QED) is 0.678. The number of rotatable bonds is 5. The molecule has 0 aliphatic rings. The number of carboxylic acids is 1. The third-order valence-corrected chi connectivity index (χ3v) is 3.08. The molecule has 22 heavy (non-hydrogen) atoms. The van der Waals surface area contributed by atoms with Gasteiger partial charge in [-0.3, -0.25) is 4.79 Å². The fourth-order valence-electron chi connectivity index (χ4n) is 1.96. The minimum atomic E-state index is -1.19. The molecule has 0 fully saturated rings. The highest BCUT2D eigenvalue weighted by atomic mass is 16.4. The number of aromatic hydroxyl groups is 2. The second kappa shape index (κ2) is 6.62. The first-order valence-corrected chi connectivity index (χ1v) is 6.60. The molecular formula is C16H15NO5. The van der Waals surface area contributed by atoms with E-state index in [9.17, 15) is 19.8 Å². The van der Waals surface area contributed by atoms with Gasteiger partial charge in [-0.25, -0.2) is 4.79 Å². The Labute approximate surface area is 126 Å². The smallest absolute Gasteiger partial charge is 0.337 e. The van der Waals surface area contributed by atoms with Crippen LogP contribution in [0.15, 0.2) is 42.5 Å². The van der Waals surface area contributed by atoms with Crippen LogP contribution in [0.5, 0.6) is 11.5 Å². The highest BCUT2D eigenvalue weighted by Gasteiger charge is 2.13. The molecule has 4 N–H and O–H groups in total. The summed E-state index contributed by atoms with van der Waals surface area (Å²) in [6, 6.07) is 10.2. The monoisotopic (exact) mass is 301 g/mol. The number of carboxylic acid groups (broad SMARTS) is 1. The van der Waals surface area contributed by atoms with Gasteiger partial charge in [0.1, 0.15) is 11.5 Å². The maximum absolute atomic E-state index is 11.9. The van der Waals surface area contributed by atoms with Crippen LogP contribution in [0.2, 0.25) is 0 Å². The molecule has 0 saturated carbocycles. The van der Waals surface area contributed by atoms with Crippen molar-refractivity contribution in [2.24, 2.45) is 0 Å². The number of carbonyl (C=O) groups is 2. The van der Waals surface area contributed by atoms with Crippen molar-refractivity contribution in [2.45, 2.75) is 12.8 Å². The lowest BCUT2D eigenvalue weighted by atomic mass is 10.1. The number of hydrogen-bond donors (Lipinski definition) is 4. The minimum Gasteiger partial charge on any atom is -0.508 e. The number of phenolic OH excluding ortho intramolecular Hbond substituents is 2. The van der Waals surface area contributed by atoms with Crippen molar-refractivity contribution in [3.8, 4) is 11.5 Å². The zero-order chi connectivity index (χ0) is 16.1. The van der Waals surface area contributed by atoms with Crippen LogP contribution in [0, 0.1) is 0 Å². The maximum Gasteiger partial charge on any atom is 0.337 e. The number of benzene rings is 2. The molecule has 0 aliphatic carbocycles. The van der Waals surface area contributed by atoms with Crippen molar-refractivity contribution in [1.29, 1.82) is 0 Å². The Kier molecular flexibility index (Phi) is 4.63. The normalized spacial score (nSPS) is 10.2. The van der Waals surface area contributed by atoms with E-state index in [1.54, 1.807) is 12.1 Å². The van der Waals surface area contributed by atoms with Gasteiger partial charge < -0.3 is 20.6 Å². The standard InChI is InChI=1S/C16H15NO5/c18-11-4-1-10(2-5-11)3-8-15(20)17-14-9-12(19)6-7-13(14)16(21)22/h1-2,4-7,9,18-19H,3,8H2,(H,17,20)(H,21,22). The molecule has 0 radical (unpaired) electrons. The lowest BCUT2D eigenvalue weighted by molar-refractivity contribution is -0.116. The van der Waals surface area contributed by atoms with E-state index in [1.807, 2.05) is 0 Å². The first-order valence-electron chi connectivity index (χ1n) is 6.60. The average molecular weight is 301 g/mol. The van der Waals surface area contributed by atoms with Crippen LogP contribution in [0.25, 0.3) is 0 Å². The lowest BCUT2D eigenvalue weighted by Gasteiger charge is -2.09.